The number of rotatable bonds is 49. The van der Waals surface area contributed by atoms with Crippen molar-refractivity contribution in [2.75, 3.05) is 6.61 Å². The van der Waals surface area contributed by atoms with Gasteiger partial charge in [-0.1, -0.05) is 0 Å². The van der Waals surface area contributed by atoms with Crippen LogP contribution in [0.3, 0.4) is 0 Å². The Morgan fingerprint density at radius 2 is 0.214 bits per heavy atom. The van der Waals surface area contributed by atoms with Gasteiger partial charge in [0.1, 0.15) is 0 Å². The van der Waals surface area contributed by atoms with E-state index >= 15 is 0 Å². The third kappa shape index (κ3) is 102. The number of hydrogen-bond donors (Lipinski definition) is 0. The molecule has 1 nitrogen and oxygen atoms in total. The van der Waals surface area contributed by atoms with Crippen molar-refractivity contribution in [1.82, 2.24) is 0 Å². The van der Waals surface area contributed by atoms with Gasteiger partial charge in [0.25, 0.3) is 0 Å². The molecule has 0 aliphatic heterocycles. The maximum atomic E-state index is 5.27. The summed E-state index contributed by atoms with van der Waals surface area (Å²) in [5, 5.41) is 0. The van der Waals surface area contributed by atoms with E-state index in [0.29, 0.717) is 0 Å². The molecule has 0 amide bonds. The molecule has 0 fully saturated rings. The average molecular weight is 1080 g/mol. The van der Waals surface area contributed by atoms with Crippen LogP contribution in [0.5, 0.6) is 0 Å². The van der Waals surface area contributed by atoms with Crippen molar-refractivity contribution in [2.24, 2.45) is 0 Å². The molecule has 95 heteroatoms. The Hall–Kier alpha value is 5.90. The molecule has 0 bridgehead atoms. The van der Waals surface area contributed by atoms with Crippen LogP contribution in [-0.4, -0.2) is 637 Å². The van der Waals surface area contributed by atoms with E-state index in [1.165, 1.54) is 6.69 Å². The fourth-order valence-corrected chi connectivity index (χ4v) is 6.06. The predicted octanol–water partition coefficient (Wildman–Crippen LogP) is -34.9. The summed E-state index contributed by atoms with van der Waals surface area (Å²) in [6, 6.07) is 0. The summed E-state index contributed by atoms with van der Waals surface area (Å²) >= 11 is 0. The van der Waals surface area contributed by atoms with E-state index in [0.717, 1.165) is 13.0 Å². The molecule has 0 rings (SSSR count). The molecular weight excluding hydrogens is 1070 g/mol. The van der Waals surface area contributed by atoms with E-state index in [4.69, 9.17) is 12.0 Å². The van der Waals surface area contributed by atoms with Crippen LogP contribution in [-0.2, 0) is 4.65 Å². The first-order chi connectivity index (χ1) is 48.9. The first-order valence-corrected chi connectivity index (χ1v) is 32.7. The van der Waals surface area contributed by atoms with Gasteiger partial charge in [0.15, 0.2) is 0 Å². The summed E-state index contributed by atoms with van der Waals surface area (Å²) in [7, 11) is 6.98. The molecule has 0 aliphatic carbocycles. The molecule has 0 spiro atoms. The Balaban J connectivity index is 4.11. The molecule has 0 aromatic rings. The standard InChI is InChI=1S/C3H7B94O/c1-2-3-98-97-96-95-94-93-92-91-90-89-88-87-86-85-84-83-82-81-80-79-78-77-76-75-74-73-72-71-70-69-68-67-66-65-64-63-62-61-60-59-58-57-56-55-54-53-52-51-50-49-48-47-46-45-44-43-42-41-40-39-38-37-36-35-34-33-32-31-30-29-28-27-26-25-24-23-22-21-20-19-18-17-16-15-14-13-12-11-10-9-8-7-6-5-4/h2-3H2,1H3. The van der Waals surface area contributed by atoms with Crippen molar-refractivity contribution in [3.8, 4) is 0 Å². The molecular formula is C3H7B94O. The van der Waals surface area contributed by atoms with Gasteiger partial charge in [-0.15, -0.1) is 0 Å². The number of hydrogen-bond acceptors (Lipinski definition) is 1. The molecule has 0 aliphatic rings. The quantitative estimate of drug-likeness (QED) is 0.0436. The average Bonchev–Trinajstić information content (AvgIpc) is 3.63. The topological polar surface area (TPSA) is 9.23 Å². The Morgan fingerprint density at radius 1 is 0.133 bits per heavy atom. The van der Waals surface area contributed by atoms with Crippen LogP contribution in [0.25, 0.3) is 0 Å². The van der Waals surface area contributed by atoms with Crippen LogP contribution in [0.1, 0.15) is 13.3 Å². The van der Waals surface area contributed by atoms with E-state index in [1.54, 1.807) is 13.7 Å². The molecule has 1 radical (unpaired) electrons. The first-order valence-electron chi connectivity index (χ1n) is 32.7. The monoisotopic (exact) mass is 1090 g/mol. The van der Waals surface area contributed by atoms with Crippen molar-refractivity contribution in [3.05, 3.63) is 0 Å². The van der Waals surface area contributed by atoms with E-state index in [2.05, 4.69) is 6.92 Å². The van der Waals surface area contributed by atoms with Gasteiger partial charge in [-0.3, -0.25) is 0 Å². The fraction of sp³-hybridized carbons (Fsp3) is 1.00. The van der Waals surface area contributed by atoms with Crippen molar-refractivity contribution < 1.29 is 4.65 Å². The minimum atomic E-state index is 0.752. The van der Waals surface area contributed by atoms with Gasteiger partial charge >= 0.3 is 655 Å². The van der Waals surface area contributed by atoms with Crippen LogP contribution in [0, 0.1) is 0 Å². The summed E-state index contributed by atoms with van der Waals surface area (Å²) < 4.78 is 5.27. The summed E-state index contributed by atoms with van der Waals surface area (Å²) in [4.78, 5) is 0. The summed E-state index contributed by atoms with van der Waals surface area (Å²) in [5.74, 6) is 0. The zero-order chi connectivity index (χ0) is 69.9. The Labute approximate surface area is 647 Å². The third-order valence-electron chi connectivity index (χ3n) is 10.6. The molecule has 0 heterocycles. The van der Waals surface area contributed by atoms with Gasteiger partial charge in [-0.25, -0.2) is 0 Å². The Kier molecular flexibility index (Phi) is 109. The maximum absolute atomic E-state index is 5.27. The Morgan fingerprint density at radius 3 is 0.296 bits per heavy atom. The van der Waals surface area contributed by atoms with Crippen molar-refractivity contribution in [2.45, 2.75) is 13.3 Å². The van der Waals surface area contributed by atoms with E-state index in [-0.39, 0.29) is 0 Å². The van der Waals surface area contributed by atoms with Crippen LogP contribution in [0.15, 0.2) is 0 Å². The zero-order valence-electron chi connectivity index (χ0n) is 57.1. The van der Waals surface area contributed by atoms with Crippen LogP contribution < -0.4 is 0 Å². The van der Waals surface area contributed by atoms with Crippen molar-refractivity contribution in [3.63, 3.8) is 0 Å². The second-order valence-electron chi connectivity index (χ2n) is 18.7. The molecule has 0 atom stereocenters. The Bertz CT molecular complexity index is 3560. The van der Waals surface area contributed by atoms with Gasteiger partial charge in [0, 0.05) is 0 Å². The van der Waals surface area contributed by atoms with Crippen LogP contribution >= 0.6 is 0 Å². The summed E-state index contributed by atoms with van der Waals surface area (Å²) in [6.45, 7) is 185. The van der Waals surface area contributed by atoms with Gasteiger partial charge in [0.05, 0.1) is 0 Å². The van der Waals surface area contributed by atoms with Crippen molar-refractivity contribution >= 4 is 630 Å². The second-order valence-corrected chi connectivity index (χ2v) is 18.7. The fourth-order valence-electron chi connectivity index (χ4n) is 6.06. The third-order valence-corrected chi connectivity index (χ3v) is 10.6. The second kappa shape index (κ2) is 103. The van der Waals surface area contributed by atoms with E-state index in [1.807, 2.05) is 602 Å². The van der Waals surface area contributed by atoms with Gasteiger partial charge in [-0.2, -0.15) is 0 Å². The zero-order valence-corrected chi connectivity index (χ0v) is 57.1. The summed E-state index contributed by atoms with van der Waals surface area (Å²) in [6.07, 6.45) is 1.02. The minimum absolute atomic E-state index is 0.752. The molecule has 0 N–H and O–H groups in total. The normalized spacial score (nSPS) is 7.92. The SMILES string of the molecule is [B]=BB=BB=BB=BB=BB=BB=BB=BB=BB=BB=BB=BB=BB=BB=BB=BB=BB=BB=BB=BB=BB=BB=BB=BB=BB=BB=BB=BB=BB=BB=BB=BB=BB=BB=BB=BB=BB=BB=BB=BB=BB=BB=BB=BB=BB=BB=BOCCC. The molecule has 0 aromatic carbocycles. The van der Waals surface area contributed by atoms with Crippen LogP contribution in [0.2, 0.25) is 0 Å². The van der Waals surface area contributed by atoms with Gasteiger partial charge in [-0.05, 0) is 0 Å². The van der Waals surface area contributed by atoms with Crippen molar-refractivity contribution in [1.29, 1.82) is 0 Å². The van der Waals surface area contributed by atoms with E-state index in [9.17, 15) is 0 Å². The molecule has 98 heavy (non-hydrogen) atoms. The molecule has 0 unspecified atom stereocenters. The molecule has 307 valence electrons. The summed E-state index contributed by atoms with van der Waals surface area (Å²) in [5.41, 5.74) is 0. The van der Waals surface area contributed by atoms with E-state index < -0.39 is 0 Å². The van der Waals surface area contributed by atoms with Gasteiger partial charge < -0.3 is 0 Å². The molecule has 0 saturated heterocycles. The van der Waals surface area contributed by atoms with Crippen LogP contribution in [0.4, 0.5) is 0 Å². The molecule has 0 aromatic heterocycles. The molecule has 0 saturated carbocycles. The van der Waals surface area contributed by atoms with Gasteiger partial charge in [0.2, 0.25) is 0 Å². The first kappa shape index (κ1) is 104. The predicted molar refractivity (Wildman–Crippen MR) is 557 cm³/mol.